The molecule has 0 amide bonds. The predicted octanol–water partition coefficient (Wildman–Crippen LogP) is 4.00. The van der Waals surface area contributed by atoms with Gasteiger partial charge in [-0.3, -0.25) is 4.72 Å². The number of halogens is 2. The molecule has 0 bridgehead atoms. The largest absolute Gasteiger partial charge is 0.482 e. The molecule has 0 saturated heterocycles. The van der Waals surface area contributed by atoms with Crippen molar-refractivity contribution in [3.8, 4) is 5.75 Å². The van der Waals surface area contributed by atoms with Crippen molar-refractivity contribution in [2.45, 2.75) is 37.5 Å². The highest BCUT2D eigenvalue weighted by Crippen LogP contribution is 2.40. The molecule has 26 heavy (non-hydrogen) atoms. The van der Waals surface area contributed by atoms with E-state index < -0.39 is 22.4 Å². The van der Waals surface area contributed by atoms with E-state index in [1.165, 1.54) is 18.2 Å². The van der Waals surface area contributed by atoms with Gasteiger partial charge < -0.3 is 15.2 Å². The number of fused-ring (bicyclic) bond motifs is 1. The van der Waals surface area contributed by atoms with Crippen molar-refractivity contribution >= 4 is 44.6 Å². The van der Waals surface area contributed by atoms with Crippen LogP contribution in [0.2, 0.25) is 10.0 Å². The summed E-state index contributed by atoms with van der Waals surface area (Å²) in [5.41, 5.74) is 1.48. The average molecular weight is 417 g/mol. The molecule has 6 nitrogen and oxygen atoms in total. The Morgan fingerprint density at radius 3 is 2.65 bits per heavy atom. The number of anilines is 2. The van der Waals surface area contributed by atoms with E-state index in [0.29, 0.717) is 22.8 Å². The molecule has 0 saturated carbocycles. The molecule has 0 aliphatic carbocycles. The lowest BCUT2D eigenvalue weighted by molar-refractivity contribution is 0.0408. The summed E-state index contributed by atoms with van der Waals surface area (Å²) in [6, 6.07) is 7.68. The second-order valence-electron chi connectivity index (χ2n) is 6.00. The van der Waals surface area contributed by atoms with E-state index in [0.717, 1.165) is 5.56 Å². The van der Waals surface area contributed by atoms with E-state index in [-0.39, 0.29) is 15.7 Å². The van der Waals surface area contributed by atoms with E-state index in [1.54, 1.807) is 12.1 Å². The third kappa shape index (κ3) is 3.71. The zero-order chi connectivity index (χ0) is 19.1. The molecule has 0 aromatic heterocycles. The number of nitrogens with one attached hydrogen (secondary N) is 2. The molecule has 9 heteroatoms. The molecule has 2 aromatic carbocycles. The molecule has 140 valence electrons. The van der Waals surface area contributed by atoms with Crippen LogP contribution in [0.15, 0.2) is 35.2 Å². The number of aryl methyl sites for hydroxylation is 1. The van der Waals surface area contributed by atoms with Crippen LogP contribution >= 0.6 is 23.2 Å². The van der Waals surface area contributed by atoms with Crippen LogP contribution in [0.3, 0.4) is 0 Å². The zero-order valence-corrected chi connectivity index (χ0v) is 16.4. The summed E-state index contributed by atoms with van der Waals surface area (Å²) in [6.07, 6.45) is -1.03. The Bertz CT molecular complexity index is 950. The number of benzene rings is 2. The van der Waals surface area contributed by atoms with Gasteiger partial charge in [-0.25, -0.2) is 8.42 Å². The monoisotopic (exact) mass is 416 g/mol. The maximum atomic E-state index is 12.9. The molecule has 1 aliphatic heterocycles. The molecule has 0 fully saturated rings. The number of rotatable bonds is 4. The van der Waals surface area contributed by atoms with Crippen LogP contribution in [0, 0.1) is 6.92 Å². The van der Waals surface area contributed by atoms with Gasteiger partial charge in [-0.1, -0.05) is 36.2 Å². The fraction of sp³-hybridized carbons (Fsp3) is 0.294. The fourth-order valence-corrected chi connectivity index (χ4v) is 4.33. The van der Waals surface area contributed by atoms with E-state index >= 15 is 0 Å². The van der Waals surface area contributed by atoms with Crippen LogP contribution in [0.5, 0.6) is 5.75 Å². The quantitative estimate of drug-likeness (QED) is 0.700. The lowest BCUT2D eigenvalue weighted by atomic mass is 10.1. The van der Waals surface area contributed by atoms with Crippen molar-refractivity contribution in [2.24, 2.45) is 0 Å². The number of aliphatic hydroxyl groups is 1. The SMILES string of the molecule is CCC1Oc2c(cc(Cl)cc2S(=O)(=O)Nc2ccc(C)c(Cl)c2)NC1O. The maximum absolute atomic E-state index is 12.9. The first-order chi connectivity index (χ1) is 12.2. The van der Waals surface area contributed by atoms with Gasteiger partial charge >= 0.3 is 0 Å². The van der Waals surface area contributed by atoms with E-state index in [2.05, 4.69) is 10.0 Å². The van der Waals surface area contributed by atoms with Crippen molar-refractivity contribution in [1.82, 2.24) is 0 Å². The van der Waals surface area contributed by atoms with Gasteiger partial charge in [0.05, 0.1) is 11.4 Å². The predicted molar refractivity (Wildman–Crippen MR) is 103 cm³/mol. The Hall–Kier alpha value is -1.67. The van der Waals surface area contributed by atoms with Gasteiger partial charge in [0, 0.05) is 10.0 Å². The molecular weight excluding hydrogens is 399 g/mol. The topological polar surface area (TPSA) is 87.7 Å². The van der Waals surface area contributed by atoms with E-state index in [9.17, 15) is 13.5 Å². The first-order valence-corrected chi connectivity index (χ1v) is 10.2. The van der Waals surface area contributed by atoms with Gasteiger partial charge in [-0.15, -0.1) is 0 Å². The molecule has 0 radical (unpaired) electrons. The minimum absolute atomic E-state index is 0.116. The number of sulfonamides is 1. The summed E-state index contributed by atoms with van der Waals surface area (Å²) in [5, 5.41) is 13.5. The maximum Gasteiger partial charge on any atom is 0.265 e. The Morgan fingerprint density at radius 2 is 2.00 bits per heavy atom. The smallest absolute Gasteiger partial charge is 0.265 e. The Balaban J connectivity index is 2.03. The Labute approximate surface area is 162 Å². The second-order valence-corrected chi connectivity index (χ2v) is 8.50. The summed E-state index contributed by atoms with van der Waals surface area (Å²) in [7, 11) is -4.00. The first-order valence-electron chi connectivity index (χ1n) is 7.95. The number of aliphatic hydroxyl groups excluding tert-OH is 1. The minimum Gasteiger partial charge on any atom is -0.482 e. The van der Waals surface area contributed by atoms with Crippen LogP contribution in [0.25, 0.3) is 0 Å². The van der Waals surface area contributed by atoms with Gasteiger partial charge in [0.2, 0.25) is 0 Å². The summed E-state index contributed by atoms with van der Waals surface area (Å²) < 4.78 is 34.0. The van der Waals surface area contributed by atoms with E-state index in [1.807, 2.05) is 13.8 Å². The number of hydrogen-bond acceptors (Lipinski definition) is 5. The number of hydrogen-bond donors (Lipinski definition) is 3. The summed E-state index contributed by atoms with van der Waals surface area (Å²) >= 11 is 12.1. The van der Waals surface area contributed by atoms with Crippen molar-refractivity contribution in [1.29, 1.82) is 0 Å². The highest BCUT2D eigenvalue weighted by Gasteiger charge is 2.32. The Kier molecular flexibility index (Phi) is 5.25. The average Bonchev–Trinajstić information content (AvgIpc) is 2.56. The van der Waals surface area contributed by atoms with Gasteiger partial charge in [0.25, 0.3) is 10.0 Å². The molecular formula is C17H18Cl2N2O4S. The normalized spacial score (nSPS) is 19.3. The lowest BCUT2D eigenvalue weighted by Crippen LogP contribution is -2.41. The van der Waals surface area contributed by atoms with Crippen molar-refractivity contribution < 1.29 is 18.3 Å². The summed E-state index contributed by atoms with van der Waals surface area (Å²) in [4.78, 5) is -0.116. The van der Waals surface area contributed by atoms with E-state index in [4.69, 9.17) is 27.9 Å². The number of ether oxygens (including phenoxy) is 1. The second kappa shape index (κ2) is 7.15. The molecule has 3 rings (SSSR count). The lowest BCUT2D eigenvalue weighted by Gasteiger charge is -2.32. The fourth-order valence-electron chi connectivity index (χ4n) is 2.64. The molecule has 1 aliphatic rings. The summed E-state index contributed by atoms with van der Waals surface area (Å²) in [6.45, 7) is 3.65. The summed E-state index contributed by atoms with van der Waals surface area (Å²) in [5.74, 6) is 0.122. The standard InChI is InChI=1S/C17H18Cl2N2O4S/c1-3-14-17(22)20-13-6-10(18)7-15(16(13)25-14)26(23,24)21-11-5-4-9(2)12(19)8-11/h4-8,14,17,20-22H,3H2,1-2H3. The highest BCUT2D eigenvalue weighted by molar-refractivity contribution is 7.92. The third-order valence-electron chi connectivity index (χ3n) is 4.06. The molecule has 2 unspecified atom stereocenters. The van der Waals surface area contributed by atoms with Crippen LogP contribution in [-0.2, 0) is 10.0 Å². The minimum atomic E-state index is -4.00. The molecule has 2 atom stereocenters. The molecule has 0 spiro atoms. The van der Waals surface area contributed by atoms with Gasteiger partial charge in [0.15, 0.2) is 12.0 Å². The van der Waals surface area contributed by atoms with Gasteiger partial charge in [-0.05, 0) is 43.2 Å². The van der Waals surface area contributed by atoms with Crippen molar-refractivity contribution in [3.05, 3.63) is 45.9 Å². The molecule has 1 heterocycles. The van der Waals surface area contributed by atoms with Crippen LogP contribution < -0.4 is 14.8 Å². The van der Waals surface area contributed by atoms with Crippen molar-refractivity contribution in [3.63, 3.8) is 0 Å². The van der Waals surface area contributed by atoms with Crippen LogP contribution in [0.4, 0.5) is 11.4 Å². The van der Waals surface area contributed by atoms with Crippen molar-refractivity contribution in [2.75, 3.05) is 10.0 Å². The van der Waals surface area contributed by atoms with Gasteiger partial charge in [-0.2, -0.15) is 0 Å². The first kappa shape index (κ1) is 19.1. The molecule has 2 aromatic rings. The Morgan fingerprint density at radius 1 is 1.27 bits per heavy atom. The van der Waals surface area contributed by atoms with Gasteiger partial charge in [0.1, 0.15) is 11.0 Å². The van der Waals surface area contributed by atoms with Crippen LogP contribution in [0.1, 0.15) is 18.9 Å². The molecule has 3 N–H and O–H groups in total. The highest BCUT2D eigenvalue weighted by atomic mass is 35.5. The van der Waals surface area contributed by atoms with Crippen LogP contribution in [-0.4, -0.2) is 25.9 Å². The third-order valence-corrected chi connectivity index (χ3v) is 6.07. The zero-order valence-electron chi connectivity index (χ0n) is 14.1.